The Morgan fingerprint density at radius 3 is 2.88 bits per heavy atom. The Labute approximate surface area is 92.2 Å². The van der Waals surface area contributed by atoms with Gasteiger partial charge in [0.2, 0.25) is 0 Å². The van der Waals surface area contributed by atoms with Crippen molar-refractivity contribution in [3.8, 4) is 0 Å². The fourth-order valence-corrected chi connectivity index (χ4v) is 1.38. The number of carbonyl (C=O) groups excluding carboxylic acids is 1. The van der Waals surface area contributed by atoms with Gasteiger partial charge in [0, 0.05) is 5.39 Å². The number of aromatic nitrogens is 2. The highest BCUT2D eigenvalue weighted by atomic mass is 16.4. The molecule has 1 atom stereocenters. The number of anilines is 1. The Bertz CT molecular complexity index is 522. The molecule has 1 N–H and O–H groups in total. The second kappa shape index (κ2) is 4.14. The molecule has 0 bridgehead atoms. The van der Waals surface area contributed by atoms with Crippen molar-refractivity contribution in [2.24, 2.45) is 0 Å². The van der Waals surface area contributed by atoms with Crippen LogP contribution in [0.3, 0.4) is 0 Å². The van der Waals surface area contributed by atoms with Crippen molar-refractivity contribution in [1.82, 2.24) is 9.97 Å². The van der Waals surface area contributed by atoms with Crippen molar-refractivity contribution < 1.29 is 9.90 Å². The molecular formula is C11H10N3O2-. The van der Waals surface area contributed by atoms with Gasteiger partial charge in [-0.3, -0.25) is 0 Å². The zero-order valence-corrected chi connectivity index (χ0v) is 8.68. The number of carbonyl (C=O) groups is 1. The van der Waals surface area contributed by atoms with Gasteiger partial charge in [0.05, 0.1) is 17.5 Å². The highest BCUT2D eigenvalue weighted by Gasteiger charge is 2.06. The van der Waals surface area contributed by atoms with Crippen molar-refractivity contribution in [3.05, 3.63) is 30.6 Å². The van der Waals surface area contributed by atoms with Crippen LogP contribution in [0, 0.1) is 0 Å². The Morgan fingerprint density at radius 1 is 1.38 bits per heavy atom. The summed E-state index contributed by atoms with van der Waals surface area (Å²) in [7, 11) is 0. The number of hydrogen-bond donors (Lipinski definition) is 1. The summed E-state index contributed by atoms with van der Waals surface area (Å²) in [5, 5.41) is 14.2. The van der Waals surface area contributed by atoms with E-state index in [2.05, 4.69) is 15.3 Å². The molecule has 0 amide bonds. The van der Waals surface area contributed by atoms with E-state index in [-0.39, 0.29) is 0 Å². The summed E-state index contributed by atoms with van der Waals surface area (Å²) in [5.41, 5.74) is 0.769. The number of benzene rings is 1. The molecule has 2 rings (SSSR count). The molecule has 0 aliphatic heterocycles. The van der Waals surface area contributed by atoms with Gasteiger partial charge in [-0.05, 0) is 19.1 Å². The molecule has 5 nitrogen and oxygen atoms in total. The van der Waals surface area contributed by atoms with Gasteiger partial charge in [-0.25, -0.2) is 9.97 Å². The lowest BCUT2D eigenvalue weighted by molar-refractivity contribution is -0.306. The summed E-state index contributed by atoms with van der Waals surface area (Å²) in [5.74, 6) is -0.662. The SMILES string of the molecule is C[C@@H](Nc1ncnc2ccccc12)C(=O)[O-]. The van der Waals surface area contributed by atoms with Crippen LogP contribution >= 0.6 is 0 Å². The van der Waals surface area contributed by atoms with Crippen LogP contribution in [0.5, 0.6) is 0 Å². The van der Waals surface area contributed by atoms with Gasteiger partial charge >= 0.3 is 0 Å². The molecule has 0 aliphatic carbocycles. The third kappa shape index (κ3) is 1.93. The zero-order valence-electron chi connectivity index (χ0n) is 8.68. The van der Waals surface area contributed by atoms with Crippen LogP contribution in [-0.2, 0) is 4.79 Å². The number of fused-ring (bicyclic) bond motifs is 1. The number of rotatable bonds is 3. The summed E-state index contributed by atoms with van der Waals surface area (Å²) in [6.07, 6.45) is 1.40. The summed E-state index contributed by atoms with van der Waals surface area (Å²) >= 11 is 0. The van der Waals surface area contributed by atoms with E-state index in [4.69, 9.17) is 0 Å². The Kier molecular flexibility index (Phi) is 2.68. The number of carboxylic acids is 1. The quantitative estimate of drug-likeness (QED) is 0.791. The van der Waals surface area contributed by atoms with Crippen LogP contribution in [0.1, 0.15) is 6.92 Å². The maximum Gasteiger partial charge on any atom is 0.137 e. The van der Waals surface area contributed by atoms with E-state index in [1.807, 2.05) is 24.3 Å². The first-order valence-corrected chi connectivity index (χ1v) is 4.85. The fourth-order valence-electron chi connectivity index (χ4n) is 1.38. The molecule has 82 valence electrons. The average molecular weight is 216 g/mol. The molecule has 2 aromatic rings. The number of nitrogens with one attached hydrogen (secondary N) is 1. The van der Waals surface area contributed by atoms with Crippen molar-refractivity contribution in [2.45, 2.75) is 13.0 Å². The predicted molar refractivity (Wildman–Crippen MR) is 57.6 cm³/mol. The van der Waals surface area contributed by atoms with Crippen molar-refractivity contribution >= 4 is 22.7 Å². The van der Waals surface area contributed by atoms with Gasteiger partial charge in [0.1, 0.15) is 12.1 Å². The first-order chi connectivity index (χ1) is 7.68. The molecule has 1 aromatic carbocycles. The number of hydrogen-bond acceptors (Lipinski definition) is 5. The molecule has 0 saturated heterocycles. The van der Waals surface area contributed by atoms with Crippen LogP contribution < -0.4 is 10.4 Å². The highest BCUT2D eigenvalue weighted by molar-refractivity contribution is 5.90. The minimum Gasteiger partial charge on any atom is -0.548 e. The highest BCUT2D eigenvalue weighted by Crippen LogP contribution is 2.18. The van der Waals surface area contributed by atoms with Crippen LogP contribution in [0.4, 0.5) is 5.82 Å². The fraction of sp³-hybridized carbons (Fsp3) is 0.182. The molecule has 16 heavy (non-hydrogen) atoms. The minimum absolute atomic E-state index is 0.502. The predicted octanol–water partition coefficient (Wildman–Crippen LogP) is 0.180. The average Bonchev–Trinajstić information content (AvgIpc) is 2.29. The number of nitrogens with zero attached hydrogens (tertiary/aromatic N) is 2. The lowest BCUT2D eigenvalue weighted by Gasteiger charge is -2.16. The molecular weight excluding hydrogens is 206 g/mol. The normalized spacial score (nSPS) is 12.3. The standard InChI is InChI=1S/C11H11N3O2/c1-7(11(15)16)14-10-8-4-2-3-5-9(8)12-6-13-10/h2-7H,1H3,(H,15,16)(H,12,13,14)/p-1/t7-/m1/s1. The van der Waals surface area contributed by atoms with Gasteiger partial charge in [0.25, 0.3) is 0 Å². The van der Waals surface area contributed by atoms with E-state index in [0.717, 1.165) is 10.9 Å². The van der Waals surface area contributed by atoms with Crippen LogP contribution in [0.2, 0.25) is 0 Å². The van der Waals surface area contributed by atoms with Crippen LogP contribution in [0.25, 0.3) is 10.9 Å². The second-order valence-corrected chi connectivity index (χ2v) is 3.42. The molecule has 1 aromatic heterocycles. The van der Waals surface area contributed by atoms with E-state index in [1.165, 1.54) is 13.3 Å². The smallest absolute Gasteiger partial charge is 0.137 e. The molecule has 0 unspecified atom stereocenters. The molecule has 1 heterocycles. The summed E-state index contributed by atoms with van der Waals surface area (Å²) < 4.78 is 0. The van der Waals surface area contributed by atoms with Gasteiger partial charge < -0.3 is 15.2 Å². The topological polar surface area (TPSA) is 77.9 Å². The first-order valence-electron chi connectivity index (χ1n) is 4.85. The van der Waals surface area contributed by atoms with Gasteiger partial charge in [-0.15, -0.1) is 0 Å². The summed E-state index contributed by atoms with van der Waals surface area (Å²) in [4.78, 5) is 18.7. The molecule has 0 fully saturated rings. The maximum absolute atomic E-state index is 10.6. The van der Waals surface area contributed by atoms with Crippen molar-refractivity contribution in [2.75, 3.05) is 5.32 Å². The van der Waals surface area contributed by atoms with Crippen molar-refractivity contribution in [3.63, 3.8) is 0 Å². The molecule has 0 saturated carbocycles. The Morgan fingerprint density at radius 2 is 2.12 bits per heavy atom. The van der Waals surface area contributed by atoms with E-state index in [9.17, 15) is 9.90 Å². The largest absolute Gasteiger partial charge is 0.548 e. The molecule has 0 radical (unpaired) electrons. The zero-order chi connectivity index (χ0) is 11.5. The monoisotopic (exact) mass is 216 g/mol. The third-order valence-corrected chi connectivity index (χ3v) is 2.25. The number of aliphatic carboxylic acids is 1. The van der Waals surface area contributed by atoms with E-state index < -0.39 is 12.0 Å². The van der Waals surface area contributed by atoms with E-state index >= 15 is 0 Å². The molecule has 5 heteroatoms. The van der Waals surface area contributed by atoms with Gasteiger partial charge in [-0.2, -0.15) is 0 Å². The number of carboxylic acid groups (broad SMARTS) is 1. The molecule has 0 spiro atoms. The van der Waals surface area contributed by atoms with E-state index in [0.29, 0.717) is 5.82 Å². The van der Waals surface area contributed by atoms with Gasteiger partial charge in [0.15, 0.2) is 0 Å². The Balaban J connectivity index is 2.41. The van der Waals surface area contributed by atoms with Gasteiger partial charge in [-0.1, -0.05) is 12.1 Å². The summed E-state index contributed by atoms with van der Waals surface area (Å²) in [6.45, 7) is 1.51. The molecule has 0 aliphatic rings. The third-order valence-electron chi connectivity index (χ3n) is 2.25. The minimum atomic E-state index is -1.16. The lowest BCUT2D eigenvalue weighted by atomic mass is 10.2. The van der Waals surface area contributed by atoms with E-state index in [1.54, 1.807) is 0 Å². The summed E-state index contributed by atoms with van der Waals surface area (Å²) in [6, 6.07) is 6.59. The van der Waals surface area contributed by atoms with Crippen molar-refractivity contribution in [1.29, 1.82) is 0 Å². The Hall–Kier alpha value is -2.17. The number of para-hydroxylation sites is 1. The lowest BCUT2D eigenvalue weighted by Crippen LogP contribution is -2.38. The van der Waals surface area contributed by atoms with Crippen LogP contribution in [0.15, 0.2) is 30.6 Å². The second-order valence-electron chi connectivity index (χ2n) is 3.42. The van der Waals surface area contributed by atoms with Crippen LogP contribution in [-0.4, -0.2) is 22.0 Å². The maximum atomic E-state index is 10.6. The first kappa shape index (κ1) is 10.4.